The van der Waals surface area contributed by atoms with Crippen molar-refractivity contribution in [3.63, 3.8) is 0 Å². The van der Waals surface area contributed by atoms with Crippen LogP contribution in [-0.4, -0.2) is 63.7 Å². The molecule has 1 unspecified atom stereocenters. The Hall–Kier alpha value is -3.39. The predicted molar refractivity (Wildman–Crippen MR) is 160 cm³/mol. The van der Waals surface area contributed by atoms with E-state index in [1.165, 1.54) is 38.5 Å². The van der Waals surface area contributed by atoms with Gasteiger partial charge < -0.3 is 15.0 Å². The van der Waals surface area contributed by atoms with E-state index in [0.717, 1.165) is 42.3 Å². The zero-order chi connectivity index (χ0) is 28.1. The summed E-state index contributed by atoms with van der Waals surface area (Å²) >= 11 is 0. The maximum atomic E-state index is 13.8. The van der Waals surface area contributed by atoms with Gasteiger partial charge in [0.2, 0.25) is 0 Å². The summed E-state index contributed by atoms with van der Waals surface area (Å²) < 4.78 is 7.37. The van der Waals surface area contributed by atoms with Gasteiger partial charge in [0.05, 0.1) is 29.2 Å². The van der Waals surface area contributed by atoms with Crippen LogP contribution in [0.25, 0.3) is 16.6 Å². The smallest absolute Gasteiger partial charge is 0.317 e. The van der Waals surface area contributed by atoms with Crippen molar-refractivity contribution in [3.8, 4) is 11.4 Å². The molecule has 8 heteroatoms. The predicted octanol–water partition coefficient (Wildman–Crippen LogP) is 5.14. The molecular formula is C33H41N5O3. The molecule has 8 nitrogen and oxygen atoms in total. The van der Waals surface area contributed by atoms with E-state index >= 15 is 0 Å². The summed E-state index contributed by atoms with van der Waals surface area (Å²) in [6.07, 6.45) is 7.61. The minimum absolute atomic E-state index is 0.0268. The van der Waals surface area contributed by atoms with E-state index in [0.29, 0.717) is 36.4 Å². The standard InChI is InChI=1S/C33H41N5O3/c1-3-41-27-10-8-26(9-11-27)38-30(34-29-7-5-4-6-28(29)31(38)39)22(2)36-12-14-37(15-13-36)32(40)35-33-19-23-16-24(20-33)18-25(17-23)21-33/h4-11,22-25H,3,12-21H2,1-2H3,(H,35,40). The van der Waals surface area contributed by atoms with Crippen LogP contribution in [0.2, 0.25) is 0 Å². The van der Waals surface area contributed by atoms with Crippen LogP contribution in [0.1, 0.15) is 64.2 Å². The van der Waals surface area contributed by atoms with Crippen LogP contribution >= 0.6 is 0 Å². The van der Waals surface area contributed by atoms with Crippen LogP contribution in [0.5, 0.6) is 5.75 Å². The van der Waals surface area contributed by atoms with E-state index < -0.39 is 0 Å². The monoisotopic (exact) mass is 555 g/mol. The van der Waals surface area contributed by atoms with Crippen molar-refractivity contribution in [3.05, 3.63) is 64.7 Å². The summed E-state index contributed by atoms with van der Waals surface area (Å²) in [5.74, 6) is 3.91. The Bertz CT molecular complexity index is 1460. The van der Waals surface area contributed by atoms with Gasteiger partial charge in [-0.1, -0.05) is 12.1 Å². The molecule has 5 aliphatic rings. The average molecular weight is 556 g/mol. The number of nitrogens with one attached hydrogen (secondary N) is 1. The molecule has 1 N–H and O–H groups in total. The number of ether oxygens (including phenoxy) is 1. The fourth-order valence-electron chi connectivity index (χ4n) is 8.58. The van der Waals surface area contributed by atoms with Gasteiger partial charge in [0.25, 0.3) is 5.56 Å². The number of hydrogen-bond acceptors (Lipinski definition) is 5. The lowest BCUT2D eigenvalue weighted by Gasteiger charge is -2.57. The van der Waals surface area contributed by atoms with Gasteiger partial charge in [0.1, 0.15) is 11.6 Å². The number of carbonyl (C=O) groups excluding carboxylic acids is 1. The van der Waals surface area contributed by atoms with Gasteiger partial charge in [-0.2, -0.15) is 0 Å². The van der Waals surface area contributed by atoms with Gasteiger partial charge in [-0.05, 0) is 107 Å². The lowest BCUT2D eigenvalue weighted by Crippen LogP contribution is -2.63. The second-order valence-electron chi connectivity index (χ2n) is 12.9. The molecule has 4 saturated carbocycles. The summed E-state index contributed by atoms with van der Waals surface area (Å²) in [5.41, 5.74) is 1.43. The van der Waals surface area contributed by atoms with Gasteiger partial charge in [0, 0.05) is 31.7 Å². The number of rotatable bonds is 6. The molecule has 2 heterocycles. The second kappa shape index (κ2) is 10.5. The number of hydrogen-bond donors (Lipinski definition) is 1. The number of para-hydroxylation sites is 1. The van der Waals surface area contributed by atoms with Crippen molar-refractivity contribution in [1.82, 2.24) is 24.7 Å². The molecule has 1 aromatic heterocycles. The van der Waals surface area contributed by atoms with Gasteiger partial charge in [-0.15, -0.1) is 0 Å². The quantitative estimate of drug-likeness (QED) is 0.456. The van der Waals surface area contributed by atoms with E-state index in [9.17, 15) is 9.59 Å². The SMILES string of the molecule is CCOc1ccc(-n2c(C(C)N3CCN(C(=O)NC45CC6CC(CC(C6)C4)C5)CC3)nc3ccccc3c2=O)cc1. The number of nitrogens with zero attached hydrogens (tertiary/aromatic N) is 4. The number of fused-ring (bicyclic) bond motifs is 1. The minimum Gasteiger partial charge on any atom is -0.494 e. The highest BCUT2D eigenvalue weighted by atomic mass is 16.5. The minimum atomic E-state index is -0.104. The third-order valence-electron chi connectivity index (χ3n) is 10.1. The first-order valence-electron chi connectivity index (χ1n) is 15.5. The Labute approximate surface area is 241 Å². The molecule has 3 aromatic rings. The molecule has 4 aliphatic carbocycles. The lowest BCUT2D eigenvalue weighted by molar-refractivity contribution is -0.0167. The van der Waals surface area contributed by atoms with Crippen molar-refractivity contribution in [1.29, 1.82) is 0 Å². The zero-order valence-electron chi connectivity index (χ0n) is 24.2. The second-order valence-corrected chi connectivity index (χ2v) is 12.9. The fourth-order valence-corrected chi connectivity index (χ4v) is 8.58. The highest BCUT2D eigenvalue weighted by Gasteiger charge is 2.52. The molecule has 41 heavy (non-hydrogen) atoms. The molecule has 2 amide bonds. The van der Waals surface area contributed by atoms with Crippen molar-refractivity contribution >= 4 is 16.9 Å². The third kappa shape index (κ3) is 4.90. The molecule has 1 saturated heterocycles. The summed E-state index contributed by atoms with van der Waals surface area (Å²) in [5, 5.41) is 4.14. The maximum absolute atomic E-state index is 13.8. The van der Waals surface area contributed by atoms with E-state index in [1.807, 2.05) is 60.4 Å². The molecule has 0 radical (unpaired) electrons. The van der Waals surface area contributed by atoms with Crippen molar-refractivity contribution in [2.75, 3.05) is 32.8 Å². The Morgan fingerprint density at radius 3 is 2.24 bits per heavy atom. The fraction of sp³-hybridized carbons (Fsp3) is 0.545. The Kier molecular flexibility index (Phi) is 6.76. The molecule has 8 rings (SSSR count). The molecule has 5 fully saturated rings. The average Bonchev–Trinajstić information content (AvgIpc) is 2.97. The van der Waals surface area contributed by atoms with Crippen LogP contribution < -0.4 is 15.6 Å². The normalized spacial score (nSPS) is 28.1. The van der Waals surface area contributed by atoms with Gasteiger partial charge in [0.15, 0.2) is 0 Å². The van der Waals surface area contributed by atoms with Gasteiger partial charge in [-0.3, -0.25) is 14.3 Å². The molecule has 0 spiro atoms. The summed E-state index contributed by atoms with van der Waals surface area (Å²) in [4.78, 5) is 36.6. The Morgan fingerprint density at radius 1 is 0.976 bits per heavy atom. The zero-order valence-corrected chi connectivity index (χ0v) is 24.2. The first kappa shape index (κ1) is 26.5. The number of urea groups is 1. The summed E-state index contributed by atoms with van der Waals surface area (Å²) in [7, 11) is 0. The summed E-state index contributed by atoms with van der Waals surface area (Å²) in [6.45, 7) is 7.48. The van der Waals surface area contributed by atoms with Crippen LogP contribution in [0.4, 0.5) is 4.79 Å². The Balaban J connectivity index is 1.09. The first-order chi connectivity index (χ1) is 19.9. The lowest BCUT2D eigenvalue weighted by atomic mass is 9.53. The van der Waals surface area contributed by atoms with Crippen molar-refractivity contribution < 1.29 is 9.53 Å². The largest absolute Gasteiger partial charge is 0.494 e. The number of amides is 2. The van der Waals surface area contributed by atoms with E-state index in [2.05, 4.69) is 17.1 Å². The molecular weight excluding hydrogens is 514 g/mol. The maximum Gasteiger partial charge on any atom is 0.317 e. The first-order valence-corrected chi connectivity index (χ1v) is 15.5. The van der Waals surface area contributed by atoms with Gasteiger partial charge >= 0.3 is 6.03 Å². The number of benzene rings is 2. The van der Waals surface area contributed by atoms with Crippen LogP contribution in [-0.2, 0) is 0 Å². The number of aromatic nitrogens is 2. The number of piperazine rings is 1. The highest BCUT2D eigenvalue weighted by Crippen LogP contribution is 2.55. The molecule has 4 bridgehead atoms. The van der Waals surface area contributed by atoms with E-state index in [-0.39, 0.29) is 23.2 Å². The molecule has 216 valence electrons. The van der Waals surface area contributed by atoms with Crippen molar-refractivity contribution in [2.45, 2.75) is 64.0 Å². The van der Waals surface area contributed by atoms with E-state index in [1.54, 1.807) is 4.57 Å². The van der Waals surface area contributed by atoms with Crippen molar-refractivity contribution in [2.24, 2.45) is 17.8 Å². The number of carbonyl (C=O) groups is 1. The van der Waals surface area contributed by atoms with Crippen LogP contribution in [0.3, 0.4) is 0 Å². The summed E-state index contributed by atoms with van der Waals surface area (Å²) in [6, 6.07) is 15.2. The third-order valence-corrected chi connectivity index (χ3v) is 10.1. The van der Waals surface area contributed by atoms with Crippen LogP contribution in [0, 0.1) is 17.8 Å². The van der Waals surface area contributed by atoms with Crippen LogP contribution in [0.15, 0.2) is 53.3 Å². The molecule has 1 aliphatic heterocycles. The van der Waals surface area contributed by atoms with E-state index in [4.69, 9.17) is 9.72 Å². The topological polar surface area (TPSA) is 79.7 Å². The molecule has 2 aromatic carbocycles. The Morgan fingerprint density at radius 2 is 1.61 bits per heavy atom. The highest BCUT2D eigenvalue weighted by molar-refractivity contribution is 5.78. The molecule has 1 atom stereocenters. The van der Waals surface area contributed by atoms with Gasteiger partial charge in [-0.25, -0.2) is 9.78 Å².